The molecule has 0 saturated carbocycles. The van der Waals surface area contributed by atoms with Gasteiger partial charge in [0.1, 0.15) is 23.3 Å². The third-order valence-electron chi connectivity index (χ3n) is 3.75. The lowest BCUT2D eigenvalue weighted by Gasteiger charge is -2.05. The molecule has 0 aromatic carbocycles. The number of nitrogens with zero attached hydrogens (tertiary/aromatic N) is 4. The highest BCUT2D eigenvalue weighted by Crippen LogP contribution is 2.33. The minimum absolute atomic E-state index is 0.0374. The van der Waals surface area contributed by atoms with Crippen LogP contribution < -0.4 is 0 Å². The van der Waals surface area contributed by atoms with Crippen LogP contribution in [0.4, 0.5) is 0 Å². The summed E-state index contributed by atoms with van der Waals surface area (Å²) < 4.78 is 73.5. The van der Waals surface area contributed by atoms with Gasteiger partial charge in [-0.1, -0.05) is 6.07 Å². The van der Waals surface area contributed by atoms with Crippen molar-refractivity contribution < 1.29 is 34.8 Å². The molecule has 4 aromatic rings. The van der Waals surface area contributed by atoms with Gasteiger partial charge in [-0.2, -0.15) is 16.8 Å². The van der Waals surface area contributed by atoms with E-state index in [2.05, 4.69) is 20.2 Å². The van der Waals surface area contributed by atoms with Crippen molar-refractivity contribution in [3.05, 3.63) is 48.9 Å². The summed E-state index contributed by atoms with van der Waals surface area (Å²) in [5.74, 6) is -0.0445. The molecule has 12 nitrogen and oxygen atoms in total. The van der Waals surface area contributed by atoms with Gasteiger partial charge in [-0.15, -0.1) is 10.2 Å². The first-order valence-corrected chi connectivity index (χ1v) is 10.8. The molecule has 0 fully saturated rings. The van der Waals surface area contributed by atoms with Gasteiger partial charge in [0.15, 0.2) is 5.76 Å². The molecule has 4 aromatic heterocycles. The molecule has 30 heavy (non-hydrogen) atoms. The van der Waals surface area contributed by atoms with Gasteiger partial charge in [0.25, 0.3) is 0 Å². The van der Waals surface area contributed by atoms with Crippen LogP contribution in [-0.2, 0) is 20.2 Å². The van der Waals surface area contributed by atoms with E-state index in [1.54, 1.807) is 18.2 Å². The zero-order chi connectivity index (χ0) is 21.5. The fraction of sp³-hybridized carbons (Fsp3) is 0. The van der Waals surface area contributed by atoms with Gasteiger partial charge in [0.2, 0.25) is 16.0 Å². The maximum atomic E-state index is 11.3. The van der Waals surface area contributed by atoms with Crippen LogP contribution in [0.2, 0.25) is 0 Å². The van der Waals surface area contributed by atoms with Gasteiger partial charge in [0.05, 0.1) is 0 Å². The Morgan fingerprint density at radius 1 is 0.867 bits per heavy atom. The Labute approximate surface area is 168 Å². The first-order chi connectivity index (χ1) is 14.1. The van der Waals surface area contributed by atoms with Crippen molar-refractivity contribution in [1.82, 2.24) is 20.2 Å². The minimum Gasteiger partial charge on any atom is -0.450 e. The molecule has 0 saturated heterocycles. The highest BCUT2D eigenvalue weighted by molar-refractivity contribution is 7.85. The predicted molar refractivity (Wildman–Crippen MR) is 98.1 cm³/mol. The number of hydrogen-bond donors (Lipinski definition) is 2. The lowest BCUT2D eigenvalue weighted by Crippen LogP contribution is -2.00. The van der Waals surface area contributed by atoms with E-state index >= 15 is 0 Å². The van der Waals surface area contributed by atoms with E-state index in [4.69, 9.17) is 13.4 Å². The molecule has 0 aliphatic carbocycles. The van der Waals surface area contributed by atoms with Gasteiger partial charge in [-0.05, 0) is 24.3 Å². The van der Waals surface area contributed by atoms with E-state index in [9.17, 15) is 21.4 Å². The van der Waals surface area contributed by atoms with Crippen molar-refractivity contribution in [3.63, 3.8) is 0 Å². The van der Waals surface area contributed by atoms with Crippen LogP contribution >= 0.6 is 0 Å². The second-order valence-corrected chi connectivity index (χ2v) is 8.48. The Kier molecular flexibility index (Phi) is 4.70. The minimum atomic E-state index is -4.62. The van der Waals surface area contributed by atoms with Crippen LogP contribution in [0.5, 0.6) is 0 Å². The highest BCUT2D eigenvalue weighted by Gasteiger charge is 2.24. The fourth-order valence-electron chi connectivity index (χ4n) is 2.46. The molecular formula is C16H10N4O8S2. The molecule has 0 bridgehead atoms. The van der Waals surface area contributed by atoms with Crippen molar-refractivity contribution in [2.45, 2.75) is 10.2 Å². The average Bonchev–Trinajstić information content (AvgIpc) is 3.37. The predicted octanol–water partition coefficient (Wildman–Crippen LogP) is 1.95. The van der Waals surface area contributed by atoms with Crippen molar-refractivity contribution in [3.8, 4) is 34.2 Å². The second kappa shape index (κ2) is 7.10. The van der Waals surface area contributed by atoms with Crippen LogP contribution in [0.15, 0.2) is 67.9 Å². The summed E-state index contributed by atoms with van der Waals surface area (Å²) in [5.41, 5.74) is 0.341. The number of hydrogen-bond acceptors (Lipinski definition) is 10. The van der Waals surface area contributed by atoms with Gasteiger partial charge in [0, 0.05) is 17.8 Å². The van der Waals surface area contributed by atoms with Gasteiger partial charge in [-0.25, -0.2) is 4.98 Å². The summed E-state index contributed by atoms with van der Waals surface area (Å²) in [6.07, 6.45) is 2.50. The Balaban J connectivity index is 1.92. The zero-order valence-corrected chi connectivity index (χ0v) is 16.2. The zero-order valence-electron chi connectivity index (χ0n) is 14.6. The molecule has 0 amide bonds. The van der Waals surface area contributed by atoms with Crippen LogP contribution in [0.1, 0.15) is 0 Å². The van der Waals surface area contributed by atoms with Crippen LogP contribution in [0.25, 0.3) is 34.2 Å². The van der Waals surface area contributed by atoms with Crippen molar-refractivity contribution in [1.29, 1.82) is 0 Å². The third-order valence-corrected chi connectivity index (χ3v) is 5.20. The summed E-state index contributed by atoms with van der Waals surface area (Å²) in [7, 11) is -9.23. The molecule has 4 rings (SSSR count). The topological polar surface area (TPSA) is 187 Å². The monoisotopic (exact) mass is 450 g/mol. The van der Waals surface area contributed by atoms with E-state index in [1.165, 1.54) is 12.3 Å². The van der Waals surface area contributed by atoms with Crippen molar-refractivity contribution >= 4 is 20.2 Å². The SMILES string of the molecule is O=S(=O)(O)c1cc(-c2nnc(-c3ccccn3)nc2-c2ccc(S(=O)(=O)O)o2)co1. The molecule has 0 spiro atoms. The first kappa shape index (κ1) is 19.8. The lowest BCUT2D eigenvalue weighted by molar-refractivity contribution is 0.407. The van der Waals surface area contributed by atoms with Crippen molar-refractivity contribution in [2.24, 2.45) is 0 Å². The molecule has 0 aliphatic rings. The molecule has 0 unspecified atom stereocenters. The standard InChI is InChI=1S/C16H10N4O8S2/c21-29(22,23)12-5-4-11(28-12)15-14(9-7-13(27-8-9)30(24,25)26)19-20-16(18-15)10-3-1-2-6-17-10/h1-8H,(H,21,22,23)(H,24,25,26). The van der Waals surface area contributed by atoms with E-state index in [-0.39, 0.29) is 28.5 Å². The quantitative estimate of drug-likeness (QED) is 0.421. The smallest absolute Gasteiger partial charge is 0.328 e. The molecule has 154 valence electrons. The third kappa shape index (κ3) is 3.84. The Hall–Kier alpha value is -3.46. The summed E-state index contributed by atoms with van der Waals surface area (Å²) in [6.45, 7) is 0. The Morgan fingerprint density at radius 2 is 1.63 bits per heavy atom. The van der Waals surface area contributed by atoms with Gasteiger partial charge >= 0.3 is 20.2 Å². The van der Waals surface area contributed by atoms with E-state index in [0.717, 1.165) is 18.4 Å². The highest BCUT2D eigenvalue weighted by atomic mass is 32.2. The summed E-state index contributed by atoms with van der Waals surface area (Å²) >= 11 is 0. The summed E-state index contributed by atoms with van der Waals surface area (Å²) in [6, 6.07) is 8.20. The summed E-state index contributed by atoms with van der Waals surface area (Å²) in [4.78, 5) is 8.40. The average molecular weight is 450 g/mol. The largest absolute Gasteiger partial charge is 0.450 e. The molecule has 14 heteroatoms. The van der Waals surface area contributed by atoms with Crippen LogP contribution in [-0.4, -0.2) is 46.1 Å². The number of furan rings is 2. The van der Waals surface area contributed by atoms with E-state index in [0.29, 0.717) is 5.69 Å². The van der Waals surface area contributed by atoms with Gasteiger partial charge in [-0.3, -0.25) is 14.1 Å². The second-order valence-electron chi connectivity index (χ2n) is 5.77. The maximum absolute atomic E-state index is 11.3. The van der Waals surface area contributed by atoms with Gasteiger partial charge < -0.3 is 8.83 Å². The van der Waals surface area contributed by atoms with Crippen molar-refractivity contribution in [2.75, 3.05) is 0 Å². The molecule has 0 radical (unpaired) electrons. The molecule has 0 atom stereocenters. The number of aromatic nitrogens is 4. The van der Waals surface area contributed by atoms with Crippen LogP contribution in [0.3, 0.4) is 0 Å². The van der Waals surface area contributed by atoms with Crippen LogP contribution in [0, 0.1) is 0 Å². The molecule has 4 heterocycles. The maximum Gasteiger partial charge on any atom is 0.328 e. The summed E-state index contributed by atoms with van der Waals surface area (Å²) in [5, 5.41) is 6.49. The van der Waals surface area contributed by atoms with E-state index < -0.39 is 30.4 Å². The van der Waals surface area contributed by atoms with E-state index in [1.807, 2.05) is 0 Å². The Bertz CT molecular complexity index is 1440. The molecular weight excluding hydrogens is 440 g/mol. The normalized spacial score (nSPS) is 12.2. The Morgan fingerprint density at radius 3 is 2.23 bits per heavy atom. The number of pyridine rings is 1. The number of rotatable bonds is 5. The molecule has 0 aliphatic heterocycles. The molecule has 2 N–H and O–H groups in total. The fourth-order valence-corrected chi connectivity index (χ4v) is 3.34. The first-order valence-electron chi connectivity index (χ1n) is 7.93. The lowest BCUT2D eigenvalue weighted by atomic mass is 10.1.